The second-order valence-electron chi connectivity index (χ2n) is 11.5. The molecule has 3 heterocycles. The smallest absolute Gasteiger partial charge is 0.322 e. The van der Waals surface area contributed by atoms with E-state index in [0.717, 1.165) is 16.9 Å². The van der Waals surface area contributed by atoms with E-state index in [1.54, 1.807) is 22.8 Å². The average molecular weight is 612 g/mol. The lowest BCUT2D eigenvalue weighted by Gasteiger charge is -2.32. The number of likely N-dealkylation sites (tertiary alicyclic amines) is 2. The average Bonchev–Trinajstić information content (AvgIpc) is 3.55. The molecule has 2 aromatic carbocycles. The van der Waals surface area contributed by atoms with Crippen LogP contribution in [0.25, 0.3) is 10.9 Å². The topological polar surface area (TPSA) is 104 Å². The molecule has 4 amide bonds. The summed E-state index contributed by atoms with van der Waals surface area (Å²) in [6.07, 6.45) is 1.50. The molecular weight excluding hydrogens is 575 g/mol. The number of fused-ring (bicyclic) bond motifs is 1. The molecule has 5 rings (SSSR count). The van der Waals surface area contributed by atoms with Gasteiger partial charge in [-0.1, -0.05) is 30.3 Å². The minimum Gasteiger partial charge on any atom is -0.354 e. The quantitative estimate of drug-likeness (QED) is 0.268. The van der Waals surface area contributed by atoms with Gasteiger partial charge in [-0.3, -0.25) is 14.4 Å². The van der Waals surface area contributed by atoms with Crippen LogP contribution in [0.15, 0.2) is 54.7 Å². The molecule has 3 aromatic rings. The van der Waals surface area contributed by atoms with Crippen molar-refractivity contribution in [2.75, 3.05) is 31.5 Å². The number of rotatable bonds is 9. The molecule has 0 aliphatic carbocycles. The van der Waals surface area contributed by atoms with Crippen molar-refractivity contribution in [3.63, 3.8) is 0 Å². The Kier molecular flexibility index (Phi) is 9.26. The standard InChI is InChI=1S/C32H36F3N5O4/c1-21(41)26-18-39(27-11-10-24(16-25(26)27)37-31(44)38-14-6-12-32(34,35)20-38)19-29(42)40-17-23(33)15-28(40)30(43)36-13-5-9-22-7-3-2-4-8-22/h2-4,7-8,10-11,16,18,23,28H,5-6,9,12-15,17,19-20H2,1H3,(H,36,43)(H,37,44)/t23-,28+/m1/s1. The highest BCUT2D eigenvalue weighted by Gasteiger charge is 2.40. The van der Waals surface area contributed by atoms with Crippen molar-refractivity contribution in [3.05, 3.63) is 65.9 Å². The van der Waals surface area contributed by atoms with Gasteiger partial charge in [0.15, 0.2) is 5.78 Å². The van der Waals surface area contributed by atoms with E-state index in [9.17, 15) is 32.3 Å². The number of halogens is 3. The number of benzene rings is 2. The third kappa shape index (κ3) is 7.23. The van der Waals surface area contributed by atoms with Gasteiger partial charge in [0.1, 0.15) is 18.8 Å². The maximum absolute atomic E-state index is 14.5. The number of anilines is 1. The Bertz CT molecular complexity index is 1540. The summed E-state index contributed by atoms with van der Waals surface area (Å²) in [6.45, 7) is 0.875. The number of nitrogens with one attached hydrogen (secondary N) is 2. The Morgan fingerprint density at radius 3 is 2.57 bits per heavy atom. The third-order valence-corrected chi connectivity index (χ3v) is 8.15. The van der Waals surface area contributed by atoms with E-state index in [1.807, 2.05) is 30.3 Å². The van der Waals surface area contributed by atoms with Gasteiger partial charge in [0.25, 0.3) is 5.92 Å². The Morgan fingerprint density at radius 1 is 1.07 bits per heavy atom. The highest BCUT2D eigenvalue weighted by atomic mass is 19.3. The first kappa shape index (κ1) is 31.1. The highest BCUT2D eigenvalue weighted by molar-refractivity contribution is 6.08. The summed E-state index contributed by atoms with van der Waals surface area (Å²) in [4.78, 5) is 53.8. The molecule has 44 heavy (non-hydrogen) atoms. The summed E-state index contributed by atoms with van der Waals surface area (Å²) in [6, 6.07) is 13.0. The second-order valence-corrected chi connectivity index (χ2v) is 11.5. The van der Waals surface area contributed by atoms with Crippen LogP contribution < -0.4 is 10.6 Å². The van der Waals surface area contributed by atoms with E-state index in [-0.39, 0.29) is 44.7 Å². The summed E-state index contributed by atoms with van der Waals surface area (Å²) >= 11 is 0. The van der Waals surface area contributed by atoms with Crippen molar-refractivity contribution in [2.45, 2.75) is 63.7 Å². The predicted octanol–water partition coefficient (Wildman–Crippen LogP) is 4.79. The van der Waals surface area contributed by atoms with Crippen LogP contribution in [-0.2, 0) is 22.6 Å². The molecule has 0 bridgehead atoms. The molecule has 2 aliphatic heterocycles. The van der Waals surface area contributed by atoms with Crippen molar-refractivity contribution in [1.82, 2.24) is 19.7 Å². The van der Waals surface area contributed by atoms with Gasteiger partial charge in [-0.2, -0.15) is 0 Å². The first-order chi connectivity index (χ1) is 21.0. The van der Waals surface area contributed by atoms with Gasteiger partial charge in [0, 0.05) is 54.3 Å². The van der Waals surface area contributed by atoms with Crippen molar-refractivity contribution in [1.29, 1.82) is 0 Å². The molecule has 0 unspecified atom stereocenters. The largest absolute Gasteiger partial charge is 0.354 e. The van der Waals surface area contributed by atoms with Crippen molar-refractivity contribution in [3.8, 4) is 0 Å². The lowest BCUT2D eigenvalue weighted by molar-refractivity contribution is -0.138. The number of alkyl halides is 3. The van der Waals surface area contributed by atoms with Gasteiger partial charge in [-0.05, 0) is 49.9 Å². The van der Waals surface area contributed by atoms with Gasteiger partial charge in [0.05, 0.1) is 13.1 Å². The summed E-state index contributed by atoms with van der Waals surface area (Å²) in [7, 11) is 0. The Labute approximate surface area is 253 Å². The Morgan fingerprint density at radius 2 is 1.84 bits per heavy atom. The monoisotopic (exact) mass is 611 g/mol. The Hall–Kier alpha value is -4.35. The number of carbonyl (C=O) groups excluding carboxylic acids is 4. The number of ketones is 1. The first-order valence-corrected chi connectivity index (χ1v) is 14.8. The molecule has 2 fully saturated rings. The fraction of sp³-hybridized carbons (Fsp3) is 0.438. The lowest BCUT2D eigenvalue weighted by Crippen LogP contribution is -2.47. The van der Waals surface area contributed by atoms with E-state index in [1.165, 1.54) is 18.0 Å². The molecular formula is C32H36F3N5O4. The molecule has 2 N–H and O–H groups in total. The van der Waals surface area contributed by atoms with Crippen LogP contribution in [0.5, 0.6) is 0 Å². The van der Waals surface area contributed by atoms with E-state index in [2.05, 4.69) is 10.6 Å². The van der Waals surface area contributed by atoms with E-state index < -0.39 is 42.5 Å². The first-order valence-electron chi connectivity index (χ1n) is 14.8. The number of urea groups is 1. The maximum atomic E-state index is 14.5. The summed E-state index contributed by atoms with van der Waals surface area (Å²) in [5, 5.41) is 5.92. The summed E-state index contributed by atoms with van der Waals surface area (Å²) in [5.74, 6) is -4.09. The Balaban J connectivity index is 1.25. The fourth-order valence-electron chi connectivity index (χ4n) is 5.94. The number of hydrogen-bond donors (Lipinski definition) is 2. The molecule has 2 atom stereocenters. The van der Waals surface area contributed by atoms with Crippen LogP contribution in [0.4, 0.5) is 23.7 Å². The van der Waals surface area contributed by atoms with E-state index >= 15 is 0 Å². The van der Waals surface area contributed by atoms with Gasteiger partial charge < -0.3 is 25.0 Å². The molecule has 1 aromatic heterocycles. The number of Topliss-reactive ketones (excluding diaryl/α,β-unsaturated/α-hetero) is 1. The van der Waals surface area contributed by atoms with E-state index in [4.69, 9.17) is 0 Å². The van der Waals surface area contributed by atoms with Crippen LogP contribution in [-0.4, -0.2) is 82.3 Å². The number of piperidine rings is 1. The summed E-state index contributed by atoms with van der Waals surface area (Å²) in [5.41, 5.74) is 2.27. The number of nitrogens with zero attached hydrogens (tertiary/aromatic N) is 3. The van der Waals surface area contributed by atoms with Gasteiger partial charge in [-0.25, -0.2) is 18.0 Å². The normalized spacial score (nSPS) is 19.6. The number of aromatic nitrogens is 1. The van der Waals surface area contributed by atoms with Gasteiger partial charge in [-0.15, -0.1) is 0 Å². The maximum Gasteiger partial charge on any atom is 0.322 e. The number of amides is 4. The fourth-order valence-corrected chi connectivity index (χ4v) is 5.94. The molecule has 12 heteroatoms. The molecule has 0 spiro atoms. The SMILES string of the molecule is CC(=O)c1cn(CC(=O)N2C[C@H](F)C[C@H]2C(=O)NCCCc2ccccc2)c2ccc(NC(=O)N3CCCC(F)(F)C3)cc12. The van der Waals surface area contributed by atoms with Crippen LogP contribution in [0.2, 0.25) is 0 Å². The minimum atomic E-state index is -2.94. The molecule has 2 aliphatic rings. The van der Waals surface area contributed by atoms with E-state index in [0.29, 0.717) is 35.1 Å². The number of aryl methyl sites for hydroxylation is 1. The predicted molar refractivity (Wildman–Crippen MR) is 160 cm³/mol. The van der Waals surface area contributed by atoms with Gasteiger partial charge in [0.2, 0.25) is 11.8 Å². The van der Waals surface area contributed by atoms with Crippen LogP contribution in [0, 0.1) is 0 Å². The number of carbonyl (C=O) groups is 4. The number of hydrogen-bond acceptors (Lipinski definition) is 4. The van der Waals surface area contributed by atoms with Crippen LogP contribution >= 0.6 is 0 Å². The summed E-state index contributed by atoms with van der Waals surface area (Å²) < 4.78 is 43.6. The van der Waals surface area contributed by atoms with Gasteiger partial charge >= 0.3 is 6.03 Å². The van der Waals surface area contributed by atoms with Crippen LogP contribution in [0.3, 0.4) is 0 Å². The molecule has 0 saturated carbocycles. The molecule has 9 nitrogen and oxygen atoms in total. The molecule has 2 saturated heterocycles. The van der Waals surface area contributed by atoms with Crippen molar-refractivity contribution >= 4 is 40.2 Å². The molecule has 0 radical (unpaired) electrons. The zero-order chi connectivity index (χ0) is 31.4. The highest BCUT2D eigenvalue weighted by Crippen LogP contribution is 2.29. The third-order valence-electron chi connectivity index (χ3n) is 8.15. The molecule has 234 valence electrons. The lowest BCUT2D eigenvalue weighted by atomic mass is 10.1. The zero-order valence-corrected chi connectivity index (χ0v) is 24.5. The van der Waals surface area contributed by atoms with Crippen molar-refractivity contribution < 1.29 is 32.3 Å². The minimum absolute atomic E-state index is 0.0899. The van der Waals surface area contributed by atoms with Crippen molar-refractivity contribution in [2.24, 2.45) is 0 Å². The second kappa shape index (κ2) is 13.1. The van der Waals surface area contributed by atoms with Crippen LogP contribution in [0.1, 0.15) is 48.5 Å². The zero-order valence-electron chi connectivity index (χ0n) is 24.5.